The Balaban J connectivity index is 2.26. The molecule has 6 heteroatoms. The van der Waals surface area contributed by atoms with Gasteiger partial charge in [-0.1, -0.05) is 43.3 Å². The third kappa shape index (κ3) is 4.90. The van der Waals surface area contributed by atoms with Crippen molar-refractivity contribution in [2.24, 2.45) is 0 Å². The number of hydrogen-bond donors (Lipinski definition) is 2. The minimum Gasteiger partial charge on any atom is -0.352 e. The second-order valence-corrected chi connectivity index (χ2v) is 7.70. The topological polar surface area (TPSA) is 75.3 Å². The van der Waals surface area contributed by atoms with Crippen LogP contribution in [-0.2, 0) is 10.0 Å². The van der Waals surface area contributed by atoms with Gasteiger partial charge in [0, 0.05) is 18.2 Å². The largest absolute Gasteiger partial charge is 0.352 e. The normalized spacial score (nSPS) is 12.6. The fraction of sp³-hybridized carbons (Fsp3) is 0.316. The van der Waals surface area contributed by atoms with E-state index in [1.54, 1.807) is 19.9 Å². The van der Waals surface area contributed by atoms with Crippen molar-refractivity contribution >= 4 is 15.9 Å². The van der Waals surface area contributed by atoms with Gasteiger partial charge in [-0.25, -0.2) is 13.1 Å². The number of nitrogens with one attached hydrogen (secondary N) is 2. The Labute approximate surface area is 149 Å². The second kappa shape index (κ2) is 8.27. The Hall–Kier alpha value is -2.18. The fourth-order valence-corrected chi connectivity index (χ4v) is 3.71. The van der Waals surface area contributed by atoms with Crippen LogP contribution in [0, 0.1) is 6.92 Å². The lowest BCUT2D eigenvalue weighted by molar-refractivity contribution is 0.0953. The van der Waals surface area contributed by atoms with Gasteiger partial charge in [-0.3, -0.25) is 4.79 Å². The first kappa shape index (κ1) is 19.1. The molecule has 0 saturated carbocycles. The van der Waals surface area contributed by atoms with Gasteiger partial charge in [-0.15, -0.1) is 0 Å². The van der Waals surface area contributed by atoms with Gasteiger partial charge in [0.25, 0.3) is 5.91 Å². The molecule has 0 saturated heterocycles. The summed E-state index contributed by atoms with van der Waals surface area (Å²) in [5.74, 6) is -0.257. The molecule has 0 bridgehead atoms. The Morgan fingerprint density at radius 1 is 1.12 bits per heavy atom. The first-order valence-electron chi connectivity index (χ1n) is 8.31. The maximum absolute atomic E-state index is 12.7. The Bertz CT molecular complexity index is 833. The molecule has 0 aliphatic carbocycles. The predicted molar refractivity (Wildman–Crippen MR) is 99.0 cm³/mol. The minimum atomic E-state index is -3.73. The smallest absolute Gasteiger partial charge is 0.251 e. The molecule has 0 heterocycles. The number of amides is 1. The molecule has 0 spiro atoms. The molecule has 0 aliphatic heterocycles. The van der Waals surface area contributed by atoms with Crippen LogP contribution in [0.2, 0.25) is 0 Å². The molecule has 2 aromatic rings. The molecule has 134 valence electrons. The zero-order valence-corrected chi connectivity index (χ0v) is 15.6. The number of aryl methyl sites for hydroxylation is 1. The van der Waals surface area contributed by atoms with E-state index < -0.39 is 10.0 Å². The molecule has 2 rings (SSSR count). The second-order valence-electron chi connectivity index (χ2n) is 5.99. The number of sulfonamides is 1. The molecular weight excluding hydrogens is 336 g/mol. The summed E-state index contributed by atoms with van der Waals surface area (Å²) in [6.45, 7) is 6.09. The molecule has 2 N–H and O–H groups in total. The predicted octanol–water partition coefficient (Wildman–Crippen LogP) is 3.17. The lowest BCUT2D eigenvalue weighted by atomic mass is 10.1. The van der Waals surface area contributed by atoms with Crippen LogP contribution < -0.4 is 10.0 Å². The van der Waals surface area contributed by atoms with E-state index in [1.165, 1.54) is 12.1 Å². The molecule has 0 aromatic heterocycles. The van der Waals surface area contributed by atoms with Gasteiger partial charge in [-0.05, 0) is 43.5 Å². The van der Waals surface area contributed by atoms with E-state index in [0.29, 0.717) is 12.1 Å². The van der Waals surface area contributed by atoms with E-state index >= 15 is 0 Å². The van der Waals surface area contributed by atoms with Crippen LogP contribution in [0.3, 0.4) is 0 Å². The standard InChI is InChI=1S/C19H24N2O3S/c1-4-12-20-19(22)18-13-17(11-10-14(18)2)25(23,24)21-15(3)16-8-6-5-7-9-16/h5-11,13,15,21H,4,12H2,1-3H3,(H,20,22)/t15-/m0/s1. The minimum absolute atomic E-state index is 0.0857. The van der Waals surface area contributed by atoms with Crippen molar-refractivity contribution in [3.05, 3.63) is 65.2 Å². The zero-order valence-electron chi connectivity index (χ0n) is 14.7. The highest BCUT2D eigenvalue weighted by Crippen LogP contribution is 2.19. The van der Waals surface area contributed by atoms with Gasteiger partial charge >= 0.3 is 0 Å². The summed E-state index contributed by atoms with van der Waals surface area (Å²) in [5, 5.41) is 2.78. The first-order valence-corrected chi connectivity index (χ1v) is 9.79. The third-order valence-electron chi connectivity index (χ3n) is 3.93. The summed E-state index contributed by atoms with van der Waals surface area (Å²) in [6, 6.07) is 13.6. The van der Waals surface area contributed by atoms with E-state index in [4.69, 9.17) is 0 Å². The molecule has 2 aromatic carbocycles. The van der Waals surface area contributed by atoms with Crippen LogP contribution in [0.5, 0.6) is 0 Å². The summed E-state index contributed by atoms with van der Waals surface area (Å²) in [6.07, 6.45) is 0.818. The highest BCUT2D eigenvalue weighted by molar-refractivity contribution is 7.89. The molecule has 0 fully saturated rings. The molecular formula is C19H24N2O3S. The molecule has 1 amide bonds. The molecule has 5 nitrogen and oxygen atoms in total. The fourth-order valence-electron chi connectivity index (χ4n) is 2.46. The van der Waals surface area contributed by atoms with Crippen LogP contribution in [0.4, 0.5) is 0 Å². The van der Waals surface area contributed by atoms with Crippen molar-refractivity contribution in [3.63, 3.8) is 0 Å². The summed E-state index contributed by atoms with van der Waals surface area (Å²) in [5.41, 5.74) is 1.99. The van der Waals surface area contributed by atoms with Gasteiger partial charge in [0.05, 0.1) is 4.90 Å². The van der Waals surface area contributed by atoms with Gasteiger partial charge < -0.3 is 5.32 Å². The van der Waals surface area contributed by atoms with Crippen molar-refractivity contribution in [3.8, 4) is 0 Å². The summed E-state index contributed by atoms with van der Waals surface area (Å²) < 4.78 is 28.0. The lowest BCUT2D eigenvalue weighted by Gasteiger charge is -2.16. The Morgan fingerprint density at radius 2 is 1.80 bits per heavy atom. The number of rotatable bonds is 7. The monoisotopic (exact) mass is 360 g/mol. The van der Waals surface area contributed by atoms with Crippen molar-refractivity contribution < 1.29 is 13.2 Å². The van der Waals surface area contributed by atoms with Crippen LogP contribution in [-0.4, -0.2) is 20.9 Å². The lowest BCUT2D eigenvalue weighted by Crippen LogP contribution is -2.28. The van der Waals surface area contributed by atoms with Crippen molar-refractivity contribution in [2.75, 3.05) is 6.54 Å². The Morgan fingerprint density at radius 3 is 2.44 bits per heavy atom. The summed E-state index contributed by atoms with van der Waals surface area (Å²) in [7, 11) is -3.73. The molecule has 0 aliphatic rings. The van der Waals surface area contributed by atoms with E-state index in [1.807, 2.05) is 37.3 Å². The first-order chi connectivity index (χ1) is 11.8. The van der Waals surface area contributed by atoms with Gasteiger partial charge in [0.2, 0.25) is 10.0 Å². The quantitative estimate of drug-likeness (QED) is 0.796. The average Bonchev–Trinajstić information content (AvgIpc) is 2.60. The van der Waals surface area contributed by atoms with Gasteiger partial charge in [0.1, 0.15) is 0 Å². The number of carbonyl (C=O) groups is 1. The highest BCUT2D eigenvalue weighted by atomic mass is 32.2. The summed E-state index contributed by atoms with van der Waals surface area (Å²) >= 11 is 0. The van der Waals surface area contributed by atoms with Crippen molar-refractivity contribution in [1.82, 2.24) is 10.0 Å². The van der Waals surface area contributed by atoms with Gasteiger partial charge in [-0.2, -0.15) is 0 Å². The van der Waals surface area contributed by atoms with Crippen LogP contribution in [0.15, 0.2) is 53.4 Å². The number of hydrogen-bond acceptors (Lipinski definition) is 3. The van der Waals surface area contributed by atoms with Crippen LogP contribution in [0.25, 0.3) is 0 Å². The maximum atomic E-state index is 12.7. The van der Waals surface area contributed by atoms with Crippen molar-refractivity contribution in [2.45, 2.75) is 38.1 Å². The Kier molecular flexibility index (Phi) is 6.33. The molecule has 0 radical (unpaired) electrons. The number of carbonyl (C=O) groups excluding carboxylic acids is 1. The van der Waals surface area contributed by atoms with E-state index in [-0.39, 0.29) is 16.8 Å². The van der Waals surface area contributed by atoms with Crippen LogP contribution in [0.1, 0.15) is 47.8 Å². The molecule has 25 heavy (non-hydrogen) atoms. The summed E-state index contributed by atoms with van der Waals surface area (Å²) in [4.78, 5) is 12.3. The van der Waals surface area contributed by atoms with Gasteiger partial charge in [0.15, 0.2) is 0 Å². The van der Waals surface area contributed by atoms with E-state index in [2.05, 4.69) is 10.0 Å². The van der Waals surface area contributed by atoms with Crippen molar-refractivity contribution in [1.29, 1.82) is 0 Å². The SMILES string of the molecule is CCCNC(=O)c1cc(S(=O)(=O)N[C@@H](C)c2ccccc2)ccc1C. The van der Waals surface area contributed by atoms with Crippen LogP contribution >= 0.6 is 0 Å². The molecule has 0 unspecified atom stereocenters. The average molecular weight is 360 g/mol. The third-order valence-corrected chi connectivity index (χ3v) is 5.47. The zero-order chi connectivity index (χ0) is 18.4. The van der Waals surface area contributed by atoms with E-state index in [0.717, 1.165) is 17.5 Å². The molecule has 1 atom stereocenters. The number of benzene rings is 2. The van der Waals surface area contributed by atoms with E-state index in [9.17, 15) is 13.2 Å². The highest BCUT2D eigenvalue weighted by Gasteiger charge is 2.20. The maximum Gasteiger partial charge on any atom is 0.251 e.